The summed E-state index contributed by atoms with van der Waals surface area (Å²) in [7, 11) is 1.92. The van der Waals surface area contributed by atoms with Crippen LogP contribution in [0.1, 0.15) is 19.7 Å². The van der Waals surface area contributed by atoms with Crippen LogP contribution in [0.15, 0.2) is 12.4 Å². The Morgan fingerprint density at radius 3 is 2.79 bits per heavy atom. The zero-order valence-electron chi connectivity index (χ0n) is 11.6. The first-order valence-electron chi connectivity index (χ1n) is 6.53. The first-order valence-corrected chi connectivity index (χ1v) is 6.53. The predicted molar refractivity (Wildman–Crippen MR) is 70.3 cm³/mol. The molecule has 1 atom stereocenters. The van der Waals surface area contributed by atoms with Crippen LogP contribution in [-0.4, -0.2) is 45.4 Å². The summed E-state index contributed by atoms with van der Waals surface area (Å²) < 4.78 is 1.93. The molecule has 1 aliphatic rings. The lowest BCUT2D eigenvalue weighted by molar-refractivity contribution is -0.145. The molecule has 1 aromatic heterocycles. The number of aryl methyl sites for hydroxylation is 1. The van der Waals surface area contributed by atoms with Gasteiger partial charge in [-0.15, -0.1) is 0 Å². The van der Waals surface area contributed by atoms with Crippen LogP contribution in [-0.2, 0) is 23.1 Å². The van der Waals surface area contributed by atoms with Crippen LogP contribution in [0, 0.1) is 5.92 Å². The zero-order valence-corrected chi connectivity index (χ0v) is 11.6. The summed E-state index contributed by atoms with van der Waals surface area (Å²) in [4.78, 5) is 29.7. The standard InChI is InChI=1S/C13H20N4O2/c1-9(2)12-13(19)17(8-11(18)15-12)6-4-10-14-5-7-16(10)3/h5,7,9,12H,4,6,8H2,1-3H3,(H,15,18). The Hall–Kier alpha value is -1.85. The Morgan fingerprint density at radius 2 is 2.21 bits per heavy atom. The number of imidazole rings is 1. The lowest BCUT2D eigenvalue weighted by atomic mass is 10.0. The number of rotatable bonds is 4. The molecule has 0 saturated carbocycles. The summed E-state index contributed by atoms with van der Waals surface area (Å²) in [6, 6.07) is -0.400. The highest BCUT2D eigenvalue weighted by molar-refractivity contribution is 5.94. The zero-order chi connectivity index (χ0) is 14.0. The van der Waals surface area contributed by atoms with Gasteiger partial charge in [-0.2, -0.15) is 0 Å². The number of amides is 2. The normalized spacial score (nSPS) is 20.0. The van der Waals surface area contributed by atoms with E-state index in [1.54, 1.807) is 11.1 Å². The fourth-order valence-corrected chi connectivity index (χ4v) is 2.24. The van der Waals surface area contributed by atoms with E-state index in [0.717, 1.165) is 5.82 Å². The van der Waals surface area contributed by atoms with Crippen molar-refractivity contribution in [2.45, 2.75) is 26.3 Å². The molecule has 1 saturated heterocycles. The molecule has 1 aromatic rings. The minimum absolute atomic E-state index is 0.00353. The number of aromatic nitrogens is 2. The second-order valence-corrected chi connectivity index (χ2v) is 5.25. The maximum atomic E-state index is 12.2. The number of hydrogen-bond donors (Lipinski definition) is 1. The molecule has 0 aliphatic carbocycles. The summed E-state index contributed by atoms with van der Waals surface area (Å²) in [5.41, 5.74) is 0. The molecule has 2 rings (SSSR count). The lowest BCUT2D eigenvalue weighted by Gasteiger charge is -2.34. The Bertz CT molecular complexity index is 481. The molecule has 1 fully saturated rings. The molecule has 1 N–H and O–H groups in total. The summed E-state index contributed by atoms with van der Waals surface area (Å²) in [5.74, 6) is 0.939. The highest BCUT2D eigenvalue weighted by Gasteiger charge is 2.34. The van der Waals surface area contributed by atoms with E-state index >= 15 is 0 Å². The third-order valence-corrected chi connectivity index (χ3v) is 3.42. The molecule has 19 heavy (non-hydrogen) atoms. The van der Waals surface area contributed by atoms with Crippen LogP contribution in [0.25, 0.3) is 0 Å². The monoisotopic (exact) mass is 264 g/mol. The average Bonchev–Trinajstić information content (AvgIpc) is 2.75. The van der Waals surface area contributed by atoms with Gasteiger partial charge in [-0.3, -0.25) is 9.59 Å². The summed E-state index contributed by atoms with van der Waals surface area (Å²) >= 11 is 0. The summed E-state index contributed by atoms with van der Waals surface area (Å²) in [6.45, 7) is 4.54. The SMILES string of the molecule is CC(C)C1NC(=O)CN(CCc2nccn2C)C1=O. The second-order valence-electron chi connectivity index (χ2n) is 5.25. The number of nitrogens with zero attached hydrogens (tertiary/aromatic N) is 3. The smallest absolute Gasteiger partial charge is 0.245 e. The van der Waals surface area contributed by atoms with Crippen molar-refractivity contribution >= 4 is 11.8 Å². The molecule has 2 amide bonds. The molecule has 104 valence electrons. The van der Waals surface area contributed by atoms with Crippen molar-refractivity contribution < 1.29 is 9.59 Å². The van der Waals surface area contributed by atoms with E-state index in [4.69, 9.17) is 0 Å². The van der Waals surface area contributed by atoms with Crippen molar-refractivity contribution in [3.63, 3.8) is 0 Å². The molecule has 0 spiro atoms. The predicted octanol–water partition coefficient (Wildman–Crippen LogP) is -0.0544. The first kappa shape index (κ1) is 13.6. The Kier molecular flexibility index (Phi) is 3.87. The molecular weight excluding hydrogens is 244 g/mol. The van der Waals surface area contributed by atoms with Gasteiger partial charge in [0.15, 0.2) is 0 Å². The number of carbonyl (C=O) groups is 2. The molecule has 1 unspecified atom stereocenters. The van der Waals surface area contributed by atoms with Gasteiger partial charge in [0.2, 0.25) is 11.8 Å². The van der Waals surface area contributed by atoms with Gasteiger partial charge in [0.05, 0.1) is 6.54 Å². The number of nitrogens with one attached hydrogen (secondary N) is 1. The lowest BCUT2D eigenvalue weighted by Crippen LogP contribution is -2.60. The van der Waals surface area contributed by atoms with Crippen molar-refractivity contribution in [1.82, 2.24) is 19.8 Å². The van der Waals surface area contributed by atoms with E-state index in [-0.39, 0.29) is 24.3 Å². The van der Waals surface area contributed by atoms with Gasteiger partial charge < -0.3 is 14.8 Å². The average molecular weight is 264 g/mol. The fourth-order valence-electron chi connectivity index (χ4n) is 2.24. The van der Waals surface area contributed by atoms with Crippen molar-refractivity contribution in [2.24, 2.45) is 13.0 Å². The summed E-state index contributed by atoms with van der Waals surface area (Å²) in [5, 5.41) is 2.75. The quantitative estimate of drug-likeness (QED) is 0.829. The highest BCUT2D eigenvalue weighted by Crippen LogP contribution is 2.11. The molecular formula is C13H20N4O2. The Labute approximate surface area is 112 Å². The third kappa shape index (κ3) is 2.94. The van der Waals surface area contributed by atoms with Crippen LogP contribution in [0.4, 0.5) is 0 Å². The van der Waals surface area contributed by atoms with Crippen LogP contribution < -0.4 is 5.32 Å². The highest BCUT2D eigenvalue weighted by atomic mass is 16.2. The van der Waals surface area contributed by atoms with Crippen LogP contribution in [0.3, 0.4) is 0 Å². The molecule has 6 heteroatoms. The van der Waals surface area contributed by atoms with Gasteiger partial charge in [-0.05, 0) is 5.92 Å². The van der Waals surface area contributed by atoms with Crippen molar-refractivity contribution in [2.75, 3.05) is 13.1 Å². The maximum Gasteiger partial charge on any atom is 0.245 e. The van der Waals surface area contributed by atoms with Crippen molar-refractivity contribution in [3.05, 3.63) is 18.2 Å². The number of hydrogen-bond acceptors (Lipinski definition) is 3. The summed E-state index contributed by atoms with van der Waals surface area (Å²) in [6.07, 6.45) is 4.27. The third-order valence-electron chi connectivity index (χ3n) is 3.42. The van der Waals surface area contributed by atoms with Crippen molar-refractivity contribution in [3.8, 4) is 0 Å². The van der Waals surface area contributed by atoms with Crippen LogP contribution >= 0.6 is 0 Å². The van der Waals surface area contributed by atoms with Crippen LogP contribution in [0.2, 0.25) is 0 Å². The number of carbonyl (C=O) groups excluding carboxylic acids is 2. The van der Waals surface area contributed by atoms with E-state index in [9.17, 15) is 9.59 Å². The van der Waals surface area contributed by atoms with E-state index in [1.165, 1.54) is 0 Å². The molecule has 6 nitrogen and oxygen atoms in total. The van der Waals surface area contributed by atoms with Gasteiger partial charge >= 0.3 is 0 Å². The first-order chi connectivity index (χ1) is 8.99. The Morgan fingerprint density at radius 1 is 1.47 bits per heavy atom. The minimum Gasteiger partial charge on any atom is -0.343 e. The maximum absolute atomic E-state index is 12.2. The van der Waals surface area contributed by atoms with E-state index in [0.29, 0.717) is 13.0 Å². The molecule has 0 radical (unpaired) electrons. The second kappa shape index (κ2) is 5.42. The van der Waals surface area contributed by atoms with Gasteiger partial charge in [0, 0.05) is 32.4 Å². The van der Waals surface area contributed by atoms with Gasteiger partial charge in [-0.1, -0.05) is 13.8 Å². The topological polar surface area (TPSA) is 67.2 Å². The molecule has 0 bridgehead atoms. The largest absolute Gasteiger partial charge is 0.343 e. The van der Waals surface area contributed by atoms with E-state index in [2.05, 4.69) is 10.3 Å². The van der Waals surface area contributed by atoms with Gasteiger partial charge in [-0.25, -0.2) is 4.98 Å². The van der Waals surface area contributed by atoms with Crippen molar-refractivity contribution in [1.29, 1.82) is 0 Å². The van der Waals surface area contributed by atoms with Crippen LogP contribution in [0.5, 0.6) is 0 Å². The van der Waals surface area contributed by atoms with E-state index < -0.39 is 6.04 Å². The Balaban J connectivity index is 2.01. The molecule has 1 aliphatic heterocycles. The molecule has 0 aromatic carbocycles. The minimum atomic E-state index is -0.400. The van der Waals surface area contributed by atoms with Gasteiger partial charge in [0.25, 0.3) is 0 Å². The number of piperazine rings is 1. The van der Waals surface area contributed by atoms with E-state index in [1.807, 2.05) is 31.7 Å². The van der Waals surface area contributed by atoms with Gasteiger partial charge in [0.1, 0.15) is 11.9 Å². The fraction of sp³-hybridized carbons (Fsp3) is 0.615. The molecule has 2 heterocycles.